The Morgan fingerprint density at radius 2 is 1.86 bits per heavy atom. The van der Waals surface area contributed by atoms with E-state index in [-0.39, 0.29) is 23.9 Å². The second kappa shape index (κ2) is 11.4. The van der Waals surface area contributed by atoms with Gasteiger partial charge in [0.15, 0.2) is 0 Å². The zero-order valence-electron chi connectivity index (χ0n) is 20.1. The molecule has 1 aromatic heterocycles. The van der Waals surface area contributed by atoms with Crippen LogP contribution in [0, 0.1) is 6.92 Å². The minimum Gasteiger partial charge on any atom is -0.489 e. The van der Waals surface area contributed by atoms with Crippen molar-refractivity contribution in [1.29, 1.82) is 0 Å². The molecule has 7 nitrogen and oxygen atoms in total. The van der Waals surface area contributed by atoms with Gasteiger partial charge in [0.1, 0.15) is 18.1 Å². The summed E-state index contributed by atoms with van der Waals surface area (Å²) in [5, 5.41) is 10.8. The highest BCUT2D eigenvalue weighted by Gasteiger charge is 2.28. The minimum absolute atomic E-state index is 0.0629. The normalized spacial score (nSPS) is 17.6. The average Bonchev–Trinajstić information content (AvgIpc) is 3.26. The first-order chi connectivity index (χ1) is 16.9. The average molecular weight is 495 g/mol. The van der Waals surface area contributed by atoms with E-state index < -0.39 is 0 Å². The predicted molar refractivity (Wildman–Crippen MR) is 137 cm³/mol. The third kappa shape index (κ3) is 6.22. The second-order valence-electron chi connectivity index (χ2n) is 8.92. The van der Waals surface area contributed by atoms with Gasteiger partial charge in [-0.05, 0) is 61.9 Å². The summed E-state index contributed by atoms with van der Waals surface area (Å²) in [6, 6.07) is 15.8. The Balaban J connectivity index is 1.40. The SMILES string of the molecule is CCC(=O)N[C@H]1CC[C@@H](n2ncc(Cl)c2C(=O)Nc2ccc(OCc3ccccc3)cc2C)CC1. The lowest BCUT2D eigenvalue weighted by Crippen LogP contribution is -2.38. The highest BCUT2D eigenvalue weighted by molar-refractivity contribution is 6.34. The van der Waals surface area contributed by atoms with E-state index in [9.17, 15) is 9.59 Å². The van der Waals surface area contributed by atoms with Gasteiger partial charge in [-0.1, -0.05) is 48.9 Å². The van der Waals surface area contributed by atoms with Crippen molar-refractivity contribution in [2.24, 2.45) is 0 Å². The largest absolute Gasteiger partial charge is 0.489 e. The van der Waals surface area contributed by atoms with Crippen molar-refractivity contribution in [1.82, 2.24) is 15.1 Å². The van der Waals surface area contributed by atoms with E-state index in [0.717, 1.165) is 42.6 Å². The Morgan fingerprint density at radius 3 is 2.54 bits per heavy atom. The molecular formula is C27H31ClN4O3. The van der Waals surface area contributed by atoms with E-state index in [1.165, 1.54) is 6.20 Å². The molecule has 2 aromatic carbocycles. The number of hydrogen-bond acceptors (Lipinski definition) is 4. The molecule has 0 aliphatic heterocycles. The van der Waals surface area contributed by atoms with Crippen LogP contribution in [0.5, 0.6) is 5.75 Å². The van der Waals surface area contributed by atoms with Crippen molar-refractivity contribution in [3.05, 3.63) is 76.6 Å². The van der Waals surface area contributed by atoms with E-state index in [4.69, 9.17) is 16.3 Å². The number of carbonyl (C=O) groups is 2. The maximum absolute atomic E-state index is 13.2. The van der Waals surface area contributed by atoms with Crippen molar-refractivity contribution in [3.8, 4) is 5.75 Å². The fourth-order valence-electron chi connectivity index (χ4n) is 4.41. The summed E-state index contributed by atoms with van der Waals surface area (Å²) in [5.41, 5.74) is 3.03. The Hall–Kier alpha value is -3.32. The standard InChI is InChI=1S/C27H31ClN4O3/c1-3-25(33)30-20-9-11-21(12-10-20)32-26(23(28)16-29-32)27(34)31-24-14-13-22(15-18(24)2)35-17-19-7-5-4-6-8-19/h4-8,13-16,20-21H,3,9-12,17H2,1-2H3,(H,30,33)(H,31,34)/t20-,21+. The molecule has 0 saturated heterocycles. The number of rotatable bonds is 8. The third-order valence-electron chi connectivity index (χ3n) is 6.39. The third-order valence-corrected chi connectivity index (χ3v) is 6.67. The lowest BCUT2D eigenvalue weighted by Gasteiger charge is -2.30. The van der Waals surface area contributed by atoms with Crippen LogP contribution < -0.4 is 15.4 Å². The van der Waals surface area contributed by atoms with Crippen LogP contribution in [0.4, 0.5) is 5.69 Å². The second-order valence-corrected chi connectivity index (χ2v) is 9.32. The zero-order chi connectivity index (χ0) is 24.8. The lowest BCUT2D eigenvalue weighted by atomic mass is 9.91. The van der Waals surface area contributed by atoms with Crippen molar-refractivity contribution >= 4 is 29.1 Å². The summed E-state index contributed by atoms with van der Waals surface area (Å²) in [4.78, 5) is 24.9. The molecule has 1 saturated carbocycles. The smallest absolute Gasteiger partial charge is 0.275 e. The van der Waals surface area contributed by atoms with Gasteiger partial charge in [0.05, 0.1) is 17.3 Å². The van der Waals surface area contributed by atoms with Gasteiger partial charge in [0.25, 0.3) is 5.91 Å². The summed E-state index contributed by atoms with van der Waals surface area (Å²) < 4.78 is 7.63. The Morgan fingerprint density at radius 1 is 1.11 bits per heavy atom. The van der Waals surface area contributed by atoms with Crippen LogP contribution in [-0.2, 0) is 11.4 Å². The first-order valence-corrected chi connectivity index (χ1v) is 12.4. The van der Waals surface area contributed by atoms with E-state index in [0.29, 0.717) is 29.4 Å². The van der Waals surface area contributed by atoms with Crippen molar-refractivity contribution < 1.29 is 14.3 Å². The molecule has 1 heterocycles. The molecule has 1 fully saturated rings. The number of carbonyl (C=O) groups excluding carboxylic acids is 2. The summed E-state index contributed by atoms with van der Waals surface area (Å²) >= 11 is 6.38. The molecule has 0 spiro atoms. The van der Waals surface area contributed by atoms with Crippen LogP contribution in [0.3, 0.4) is 0 Å². The van der Waals surface area contributed by atoms with Crippen LogP contribution in [0.25, 0.3) is 0 Å². The molecule has 0 bridgehead atoms. The molecule has 2 N–H and O–H groups in total. The maximum Gasteiger partial charge on any atom is 0.275 e. The van der Waals surface area contributed by atoms with Crippen LogP contribution >= 0.6 is 11.6 Å². The number of amides is 2. The molecule has 4 rings (SSSR count). The van der Waals surface area contributed by atoms with E-state index in [1.54, 1.807) is 4.68 Å². The molecule has 3 aromatic rings. The molecule has 1 aliphatic carbocycles. The number of aryl methyl sites for hydroxylation is 1. The summed E-state index contributed by atoms with van der Waals surface area (Å²) in [5.74, 6) is 0.511. The Kier molecular flexibility index (Phi) is 8.08. The lowest BCUT2D eigenvalue weighted by molar-refractivity contribution is -0.121. The first kappa shape index (κ1) is 24.8. The van der Waals surface area contributed by atoms with Gasteiger partial charge < -0.3 is 15.4 Å². The van der Waals surface area contributed by atoms with Crippen LogP contribution in [-0.4, -0.2) is 27.6 Å². The number of nitrogens with zero attached hydrogens (tertiary/aromatic N) is 2. The van der Waals surface area contributed by atoms with Gasteiger partial charge >= 0.3 is 0 Å². The van der Waals surface area contributed by atoms with Gasteiger partial charge in [-0.25, -0.2) is 0 Å². The minimum atomic E-state index is -0.296. The number of aromatic nitrogens is 2. The van der Waals surface area contributed by atoms with Crippen LogP contribution in [0.15, 0.2) is 54.7 Å². The van der Waals surface area contributed by atoms with Gasteiger partial charge in [-0.3, -0.25) is 14.3 Å². The van der Waals surface area contributed by atoms with Gasteiger partial charge in [0, 0.05) is 18.2 Å². The highest BCUT2D eigenvalue weighted by Crippen LogP contribution is 2.32. The maximum atomic E-state index is 13.2. The molecule has 1 aliphatic rings. The summed E-state index contributed by atoms with van der Waals surface area (Å²) in [6.07, 6.45) is 5.34. The highest BCUT2D eigenvalue weighted by atomic mass is 35.5. The molecular weight excluding hydrogens is 464 g/mol. The zero-order valence-corrected chi connectivity index (χ0v) is 20.8. The van der Waals surface area contributed by atoms with Gasteiger partial charge in [-0.2, -0.15) is 5.10 Å². The molecule has 0 unspecified atom stereocenters. The quantitative estimate of drug-likeness (QED) is 0.421. The number of nitrogens with one attached hydrogen (secondary N) is 2. The summed E-state index contributed by atoms with van der Waals surface area (Å²) in [6.45, 7) is 4.26. The predicted octanol–water partition coefficient (Wildman–Crippen LogP) is 5.69. The number of benzene rings is 2. The molecule has 35 heavy (non-hydrogen) atoms. The van der Waals surface area contributed by atoms with Crippen LogP contribution in [0.1, 0.15) is 66.7 Å². The van der Waals surface area contributed by atoms with E-state index in [1.807, 2.05) is 62.4 Å². The first-order valence-electron chi connectivity index (χ1n) is 12.1. The van der Waals surface area contributed by atoms with Gasteiger partial charge in [-0.15, -0.1) is 0 Å². The van der Waals surface area contributed by atoms with E-state index >= 15 is 0 Å². The Labute approximate surface area is 210 Å². The molecule has 8 heteroatoms. The summed E-state index contributed by atoms with van der Waals surface area (Å²) in [7, 11) is 0. The number of ether oxygens (including phenoxy) is 1. The molecule has 184 valence electrons. The number of anilines is 1. The molecule has 0 radical (unpaired) electrons. The molecule has 2 amide bonds. The Bertz CT molecular complexity index is 1170. The van der Waals surface area contributed by atoms with E-state index in [2.05, 4.69) is 15.7 Å². The van der Waals surface area contributed by atoms with Crippen LogP contribution in [0.2, 0.25) is 5.02 Å². The fraction of sp³-hybridized carbons (Fsp3) is 0.370. The number of hydrogen-bond donors (Lipinski definition) is 2. The van der Waals surface area contributed by atoms with Crippen molar-refractivity contribution in [3.63, 3.8) is 0 Å². The molecule has 0 atom stereocenters. The monoisotopic (exact) mass is 494 g/mol. The topological polar surface area (TPSA) is 85.2 Å². The van der Waals surface area contributed by atoms with Crippen molar-refractivity contribution in [2.75, 3.05) is 5.32 Å². The van der Waals surface area contributed by atoms with Crippen molar-refractivity contribution in [2.45, 2.75) is 64.6 Å². The fourth-order valence-corrected chi connectivity index (χ4v) is 4.63. The number of halogens is 1. The van der Waals surface area contributed by atoms with Gasteiger partial charge in [0.2, 0.25) is 5.91 Å².